The van der Waals surface area contributed by atoms with Gasteiger partial charge >= 0.3 is 0 Å². The fourth-order valence-corrected chi connectivity index (χ4v) is 8.12. The summed E-state index contributed by atoms with van der Waals surface area (Å²) in [5.74, 6) is -0.208. The molecule has 0 aromatic rings. The van der Waals surface area contributed by atoms with E-state index in [-0.39, 0.29) is 12.5 Å². The summed E-state index contributed by atoms with van der Waals surface area (Å²) in [5, 5.41) is 86.6. The fraction of sp³-hybridized carbons (Fsp3) is 0.978. The molecule has 14 heteroatoms. The Hall–Kier alpha value is -1.01. The van der Waals surface area contributed by atoms with Crippen LogP contribution in [-0.4, -0.2) is 140 Å². The van der Waals surface area contributed by atoms with E-state index in [9.17, 15) is 45.6 Å². The molecule has 0 aromatic heterocycles. The molecule has 14 nitrogen and oxygen atoms in total. The third kappa shape index (κ3) is 21.8. The van der Waals surface area contributed by atoms with Crippen LogP contribution in [-0.2, 0) is 23.7 Å². The minimum Gasteiger partial charge on any atom is -0.394 e. The highest BCUT2D eigenvalue weighted by molar-refractivity contribution is 5.76. The summed E-state index contributed by atoms with van der Waals surface area (Å²) in [6.07, 6.45) is 14.0. The van der Waals surface area contributed by atoms with Gasteiger partial charge in [-0.25, -0.2) is 0 Å². The Morgan fingerprint density at radius 3 is 1.44 bits per heavy atom. The topological polar surface area (TPSA) is 228 Å². The Labute approximate surface area is 355 Å². The molecule has 4 unspecified atom stereocenters. The Kier molecular flexibility index (Phi) is 30.8. The zero-order chi connectivity index (χ0) is 43.3. The van der Waals surface area contributed by atoms with Gasteiger partial charge in [0.15, 0.2) is 12.6 Å². The molecule has 0 bridgehead atoms. The highest BCUT2D eigenvalue weighted by Crippen LogP contribution is 2.30. The summed E-state index contributed by atoms with van der Waals surface area (Å²) in [5.41, 5.74) is 0. The first-order valence-corrected chi connectivity index (χ1v) is 23.8. The molecule has 1 amide bonds. The van der Waals surface area contributed by atoms with E-state index in [1.807, 2.05) is 0 Å². The van der Waals surface area contributed by atoms with Gasteiger partial charge in [0.2, 0.25) is 5.91 Å². The summed E-state index contributed by atoms with van der Waals surface area (Å²) >= 11 is 0. The van der Waals surface area contributed by atoms with Gasteiger partial charge in [-0.3, -0.25) is 4.79 Å². The van der Waals surface area contributed by atoms with Crippen molar-refractivity contribution in [1.82, 2.24) is 5.32 Å². The molecule has 2 aliphatic rings. The second-order valence-corrected chi connectivity index (χ2v) is 17.2. The molecule has 9 N–H and O–H groups in total. The first kappa shape index (κ1) is 54.1. The van der Waals surface area contributed by atoms with E-state index >= 15 is 0 Å². The summed E-state index contributed by atoms with van der Waals surface area (Å²) < 4.78 is 22.7. The standard InChI is InChI=1S/C45H87NO13/c1-3-5-7-9-11-13-15-16-17-18-19-20-22-24-26-28-34(49)33(46-37(50)29-27-25-23-21-14-12-10-8-6-4-2)32-56-44-42(55)40(53)43(36(31-48)58-44)59-45-41(54)39(52)38(51)35(30-47)57-45/h33-36,38-45,47-49,51-55H,3-32H2,1-2H3,(H,46,50)/t33-,34+,35+,36+,38-,39?,40?,41?,42?,43+,44+,45-/m0/s1. The molecular weight excluding hydrogens is 762 g/mol. The third-order valence-corrected chi connectivity index (χ3v) is 12.1. The summed E-state index contributed by atoms with van der Waals surface area (Å²) in [4.78, 5) is 13.1. The summed E-state index contributed by atoms with van der Waals surface area (Å²) in [7, 11) is 0. The minimum atomic E-state index is -1.78. The van der Waals surface area contributed by atoms with E-state index in [2.05, 4.69) is 19.2 Å². The van der Waals surface area contributed by atoms with Gasteiger partial charge in [-0.2, -0.15) is 0 Å². The number of aliphatic hydroxyl groups is 8. The zero-order valence-corrected chi connectivity index (χ0v) is 36.8. The van der Waals surface area contributed by atoms with Crippen LogP contribution in [0.4, 0.5) is 0 Å². The average molecular weight is 850 g/mol. The SMILES string of the molecule is CCCCCCCCCCCCCCCCC[C@@H](O)[C@H](CO[C@@H]1O[C@H](CO)[C@@H](O[C@@H]2O[C@H](CO)[C@H](O)C(O)C2O)C(O)C1O)NC(=O)CCCCCCCCCCCC. The smallest absolute Gasteiger partial charge is 0.220 e. The van der Waals surface area contributed by atoms with Gasteiger partial charge in [0.1, 0.15) is 48.8 Å². The molecule has 0 radical (unpaired) electrons. The lowest BCUT2D eigenvalue weighted by molar-refractivity contribution is -0.359. The number of aliphatic hydroxyl groups excluding tert-OH is 8. The molecule has 0 aliphatic carbocycles. The Balaban J connectivity index is 1.86. The number of hydrogen-bond donors (Lipinski definition) is 9. The Bertz CT molecular complexity index is 1010. The summed E-state index contributed by atoms with van der Waals surface area (Å²) in [6, 6.07) is -0.819. The number of unbranched alkanes of at least 4 members (excludes halogenated alkanes) is 23. The maximum absolute atomic E-state index is 13.1. The van der Waals surface area contributed by atoms with Crippen LogP contribution in [0.2, 0.25) is 0 Å². The van der Waals surface area contributed by atoms with E-state index in [4.69, 9.17) is 18.9 Å². The Morgan fingerprint density at radius 1 is 0.542 bits per heavy atom. The second kappa shape index (κ2) is 33.5. The van der Waals surface area contributed by atoms with Crippen LogP contribution in [0.5, 0.6) is 0 Å². The molecule has 0 saturated carbocycles. The van der Waals surface area contributed by atoms with Crippen molar-refractivity contribution >= 4 is 5.91 Å². The lowest BCUT2D eigenvalue weighted by Crippen LogP contribution is -2.65. The van der Waals surface area contributed by atoms with Crippen molar-refractivity contribution in [3.8, 4) is 0 Å². The molecule has 350 valence electrons. The zero-order valence-electron chi connectivity index (χ0n) is 36.8. The van der Waals surface area contributed by atoms with E-state index in [1.165, 1.54) is 109 Å². The molecule has 2 rings (SSSR count). The minimum absolute atomic E-state index is 0.208. The molecule has 0 spiro atoms. The van der Waals surface area contributed by atoms with Crippen LogP contribution in [0.15, 0.2) is 0 Å². The quantitative estimate of drug-likeness (QED) is 0.0377. The molecule has 0 aromatic carbocycles. The molecule has 2 aliphatic heterocycles. The predicted octanol–water partition coefficient (Wildman–Crippen LogP) is 5.05. The molecular formula is C45H87NO13. The van der Waals surface area contributed by atoms with Gasteiger partial charge in [0, 0.05) is 6.42 Å². The number of carbonyl (C=O) groups excluding carboxylic acids is 1. The Morgan fingerprint density at radius 2 is 0.966 bits per heavy atom. The predicted molar refractivity (Wildman–Crippen MR) is 226 cm³/mol. The van der Waals surface area contributed by atoms with Crippen molar-refractivity contribution in [2.45, 2.75) is 261 Å². The third-order valence-electron chi connectivity index (χ3n) is 12.1. The van der Waals surface area contributed by atoms with Crippen molar-refractivity contribution in [1.29, 1.82) is 0 Å². The van der Waals surface area contributed by atoms with Crippen LogP contribution in [0.3, 0.4) is 0 Å². The highest BCUT2D eigenvalue weighted by Gasteiger charge is 2.51. The molecule has 2 fully saturated rings. The van der Waals surface area contributed by atoms with Gasteiger partial charge in [-0.1, -0.05) is 168 Å². The van der Waals surface area contributed by atoms with E-state index < -0.39 is 86.8 Å². The number of carbonyl (C=O) groups is 1. The van der Waals surface area contributed by atoms with E-state index in [1.54, 1.807) is 0 Å². The van der Waals surface area contributed by atoms with E-state index in [0.717, 1.165) is 51.4 Å². The highest BCUT2D eigenvalue weighted by atomic mass is 16.7. The molecule has 2 heterocycles. The number of nitrogens with one attached hydrogen (secondary N) is 1. The van der Waals surface area contributed by atoms with Gasteiger partial charge in [0.05, 0.1) is 32.0 Å². The van der Waals surface area contributed by atoms with Crippen molar-refractivity contribution < 1.29 is 64.6 Å². The van der Waals surface area contributed by atoms with Crippen molar-refractivity contribution in [2.75, 3.05) is 19.8 Å². The van der Waals surface area contributed by atoms with Crippen LogP contribution in [0.1, 0.15) is 187 Å². The normalized spacial score (nSPS) is 28.4. The van der Waals surface area contributed by atoms with Crippen LogP contribution in [0.25, 0.3) is 0 Å². The maximum atomic E-state index is 13.1. The van der Waals surface area contributed by atoms with Crippen molar-refractivity contribution in [3.05, 3.63) is 0 Å². The average Bonchev–Trinajstić information content (AvgIpc) is 3.23. The second-order valence-electron chi connectivity index (χ2n) is 17.2. The number of amides is 1. The maximum Gasteiger partial charge on any atom is 0.220 e. The fourth-order valence-electron chi connectivity index (χ4n) is 8.12. The van der Waals surface area contributed by atoms with Gasteiger partial charge in [-0.15, -0.1) is 0 Å². The van der Waals surface area contributed by atoms with E-state index in [0.29, 0.717) is 12.8 Å². The molecule has 12 atom stereocenters. The van der Waals surface area contributed by atoms with Crippen LogP contribution in [0, 0.1) is 0 Å². The van der Waals surface area contributed by atoms with Gasteiger partial charge in [0.25, 0.3) is 0 Å². The first-order chi connectivity index (χ1) is 28.6. The first-order valence-electron chi connectivity index (χ1n) is 23.8. The molecule has 59 heavy (non-hydrogen) atoms. The number of ether oxygens (including phenoxy) is 4. The number of hydrogen-bond acceptors (Lipinski definition) is 13. The molecule has 2 saturated heterocycles. The lowest BCUT2D eigenvalue weighted by Gasteiger charge is -2.46. The van der Waals surface area contributed by atoms with Crippen molar-refractivity contribution in [3.63, 3.8) is 0 Å². The monoisotopic (exact) mass is 850 g/mol. The van der Waals surface area contributed by atoms with Gasteiger partial charge < -0.3 is 65.1 Å². The largest absolute Gasteiger partial charge is 0.394 e. The van der Waals surface area contributed by atoms with Crippen LogP contribution < -0.4 is 5.32 Å². The summed E-state index contributed by atoms with van der Waals surface area (Å²) in [6.45, 7) is 2.83. The van der Waals surface area contributed by atoms with Crippen LogP contribution >= 0.6 is 0 Å². The lowest BCUT2D eigenvalue weighted by atomic mass is 9.97. The van der Waals surface area contributed by atoms with Gasteiger partial charge in [-0.05, 0) is 12.8 Å². The number of rotatable bonds is 36. The van der Waals surface area contributed by atoms with Crippen molar-refractivity contribution in [2.24, 2.45) is 0 Å².